The minimum absolute atomic E-state index is 0. The summed E-state index contributed by atoms with van der Waals surface area (Å²) in [6.07, 6.45) is 6.38. The van der Waals surface area contributed by atoms with Crippen LogP contribution in [-0.4, -0.2) is 29.5 Å². The zero-order valence-electron chi connectivity index (χ0n) is 20.4. The summed E-state index contributed by atoms with van der Waals surface area (Å²) in [4.78, 5) is 26.3. The minimum atomic E-state index is -0.803. The SMILES string of the molecule is Cl.N=C(N)c1cccc(C[C@H](NC(=O)OC23CC4CC(CC(C4)C2)C3)C(=O)NCc2ccccc2)c1. The van der Waals surface area contributed by atoms with Crippen molar-refractivity contribution in [2.75, 3.05) is 0 Å². The number of amidine groups is 1. The standard InChI is InChI=1S/C28H34N4O3.ClH/c29-25(30)23-8-4-7-19(12-23)13-24(26(33)31-17-18-5-2-1-3-6-18)32-27(34)35-28-14-20-9-21(15-28)11-22(10-20)16-28;/h1-8,12,20-22,24H,9-11,13-17H2,(H3,29,30)(H,31,33)(H,32,34);1H/t20?,21?,22?,24-,28?;/m0./s1. The molecular weight excluding hydrogens is 476 g/mol. The van der Waals surface area contributed by atoms with E-state index in [0.717, 1.165) is 30.4 Å². The molecule has 2 aromatic rings. The number of amides is 2. The number of hydrogen-bond donors (Lipinski definition) is 4. The number of hydrogen-bond acceptors (Lipinski definition) is 4. The van der Waals surface area contributed by atoms with Crippen molar-refractivity contribution in [1.82, 2.24) is 10.6 Å². The van der Waals surface area contributed by atoms with Gasteiger partial charge in [0.25, 0.3) is 0 Å². The van der Waals surface area contributed by atoms with Crippen molar-refractivity contribution in [2.45, 2.75) is 63.1 Å². The molecule has 0 aliphatic heterocycles. The number of benzene rings is 2. The maximum Gasteiger partial charge on any atom is 0.408 e. The van der Waals surface area contributed by atoms with Crippen molar-refractivity contribution in [3.05, 3.63) is 71.3 Å². The first kappa shape index (κ1) is 26.0. The quantitative estimate of drug-likeness (QED) is 0.312. The number of halogens is 1. The van der Waals surface area contributed by atoms with Crippen LogP contribution in [0.1, 0.15) is 55.2 Å². The second-order valence-corrected chi connectivity index (χ2v) is 10.7. The third-order valence-electron chi connectivity index (χ3n) is 7.89. The predicted molar refractivity (Wildman–Crippen MR) is 141 cm³/mol. The van der Waals surface area contributed by atoms with Crippen molar-refractivity contribution in [3.63, 3.8) is 0 Å². The first-order chi connectivity index (χ1) is 16.9. The summed E-state index contributed by atoms with van der Waals surface area (Å²) in [5.74, 6) is 1.67. The zero-order chi connectivity index (χ0) is 24.4. The van der Waals surface area contributed by atoms with E-state index in [9.17, 15) is 9.59 Å². The predicted octanol–water partition coefficient (Wildman–Crippen LogP) is 4.31. The molecule has 0 aromatic heterocycles. The van der Waals surface area contributed by atoms with Crippen LogP contribution in [0, 0.1) is 23.2 Å². The molecule has 7 nitrogen and oxygen atoms in total. The Morgan fingerprint density at radius 1 is 0.972 bits per heavy atom. The van der Waals surface area contributed by atoms with E-state index in [1.807, 2.05) is 36.4 Å². The van der Waals surface area contributed by atoms with Gasteiger partial charge in [0, 0.05) is 18.5 Å². The summed E-state index contributed by atoms with van der Waals surface area (Å²) in [6, 6.07) is 16.1. The molecule has 4 aliphatic rings. The second kappa shape index (κ2) is 10.9. The van der Waals surface area contributed by atoms with Gasteiger partial charge >= 0.3 is 6.09 Å². The molecule has 4 fully saturated rings. The Labute approximate surface area is 218 Å². The Morgan fingerprint density at radius 3 is 2.19 bits per heavy atom. The molecule has 4 aliphatic carbocycles. The van der Waals surface area contributed by atoms with Gasteiger partial charge in [-0.05, 0) is 73.5 Å². The third kappa shape index (κ3) is 6.01. The first-order valence-electron chi connectivity index (χ1n) is 12.6. The van der Waals surface area contributed by atoms with Gasteiger partial charge in [-0.1, -0.05) is 48.5 Å². The fraction of sp³-hybridized carbons (Fsp3) is 0.464. The Morgan fingerprint density at radius 2 is 1.58 bits per heavy atom. The molecule has 5 N–H and O–H groups in total. The highest BCUT2D eigenvalue weighted by molar-refractivity contribution is 5.95. The van der Waals surface area contributed by atoms with Crippen molar-refractivity contribution >= 4 is 30.2 Å². The molecule has 6 rings (SSSR count). The third-order valence-corrected chi connectivity index (χ3v) is 7.89. The summed E-state index contributed by atoms with van der Waals surface area (Å²) in [6.45, 7) is 0.370. The number of nitrogen functional groups attached to an aromatic ring is 1. The molecule has 0 unspecified atom stereocenters. The van der Waals surface area contributed by atoms with Crippen molar-refractivity contribution in [1.29, 1.82) is 5.41 Å². The zero-order valence-corrected chi connectivity index (χ0v) is 21.2. The molecule has 0 heterocycles. The lowest BCUT2D eigenvalue weighted by Gasteiger charge is -2.55. The van der Waals surface area contributed by atoms with E-state index in [1.165, 1.54) is 19.3 Å². The van der Waals surface area contributed by atoms with Gasteiger partial charge in [0.1, 0.15) is 17.5 Å². The Kier molecular flexibility index (Phi) is 7.88. The molecule has 0 saturated heterocycles. The smallest absolute Gasteiger partial charge is 0.408 e. The lowest BCUT2D eigenvalue weighted by atomic mass is 9.54. The van der Waals surface area contributed by atoms with Gasteiger partial charge in [0.15, 0.2) is 0 Å². The van der Waals surface area contributed by atoms with Gasteiger partial charge in [-0.25, -0.2) is 4.79 Å². The van der Waals surface area contributed by atoms with Crippen LogP contribution in [0.25, 0.3) is 0 Å². The number of alkyl carbamates (subject to hydrolysis) is 1. The highest BCUT2D eigenvalue weighted by Gasteiger charge is 2.53. The largest absolute Gasteiger partial charge is 0.443 e. The molecule has 8 heteroatoms. The van der Waals surface area contributed by atoms with Gasteiger partial charge in [0.2, 0.25) is 5.91 Å². The fourth-order valence-corrected chi connectivity index (χ4v) is 6.74. The molecule has 0 radical (unpaired) electrons. The van der Waals surface area contributed by atoms with E-state index >= 15 is 0 Å². The Bertz CT molecular complexity index is 1070. The van der Waals surface area contributed by atoms with Crippen LogP contribution in [0.5, 0.6) is 0 Å². The van der Waals surface area contributed by atoms with Gasteiger partial charge in [0.05, 0.1) is 0 Å². The van der Waals surface area contributed by atoms with Gasteiger partial charge in [-0.2, -0.15) is 0 Å². The van der Waals surface area contributed by atoms with Gasteiger partial charge < -0.3 is 21.1 Å². The molecule has 1 atom stereocenters. The highest BCUT2D eigenvalue weighted by atomic mass is 35.5. The van der Waals surface area contributed by atoms with Crippen LogP contribution in [-0.2, 0) is 22.5 Å². The number of nitrogens with two attached hydrogens (primary N) is 1. The monoisotopic (exact) mass is 510 g/mol. The molecule has 0 spiro atoms. The second-order valence-electron chi connectivity index (χ2n) is 10.7. The van der Waals surface area contributed by atoms with Crippen LogP contribution >= 0.6 is 12.4 Å². The van der Waals surface area contributed by atoms with E-state index in [1.54, 1.807) is 18.2 Å². The summed E-state index contributed by atoms with van der Waals surface area (Å²) in [7, 11) is 0. The molecule has 4 saturated carbocycles. The van der Waals surface area contributed by atoms with Crippen LogP contribution in [0.3, 0.4) is 0 Å². The van der Waals surface area contributed by atoms with Crippen molar-refractivity contribution in [2.24, 2.45) is 23.5 Å². The maximum absolute atomic E-state index is 13.2. The number of carbonyl (C=O) groups is 2. The molecule has 36 heavy (non-hydrogen) atoms. The van der Waals surface area contributed by atoms with Crippen LogP contribution < -0.4 is 16.4 Å². The Balaban J connectivity index is 0.00000304. The van der Waals surface area contributed by atoms with E-state index < -0.39 is 12.1 Å². The molecule has 2 amide bonds. The Hall–Kier alpha value is -3.06. The molecule has 192 valence electrons. The van der Waals surface area contributed by atoms with Crippen molar-refractivity contribution < 1.29 is 14.3 Å². The molecular formula is C28H35ClN4O3. The number of ether oxygens (including phenoxy) is 1. The normalized spacial score (nSPS) is 26.4. The topological polar surface area (TPSA) is 117 Å². The van der Waals surface area contributed by atoms with E-state index in [-0.39, 0.29) is 36.2 Å². The number of rotatable bonds is 8. The highest BCUT2D eigenvalue weighted by Crippen LogP contribution is 2.57. The minimum Gasteiger partial charge on any atom is -0.443 e. The summed E-state index contributed by atoms with van der Waals surface area (Å²) < 4.78 is 6.11. The fourth-order valence-electron chi connectivity index (χ4n) is 6.74. The van der Waals surface area contributed by atoms with Crippen LogP contribution in [0.4, 0.5) is 4.79 Å². The van der Waals surface area contributed by atoms with E-state index in [0.29, 0.717) is 29.9 Å². The van der Waals surface area contributed by atoms with E-state index in [2.05, 4.69) is 10.6 Å². The number of carbonyl (C=O) groups excluding carboxylic acids is 2. The van der Waals surface area contributed by atoms with Crippen LogP contribution in [0.2, 0.25) is 0 Å². The lowest BCUT2D eigenvalue weighted by molar-refractivity contribution is -0.131. The lowest BCUT2D eigenvalue weighted by Crippen LogP contribution is -2.55. The van der Waals surface area contributed by atoms with Crippen LogP contribution in [0.15, 0.2) is 54.6 Å². The molecule has 2 aromatic carbocycles. The number of nitrogens with one attached hydrogen (secondary N) is 3. The average Bonchev–Trinajstić information content (AvgIpc) is 2.81. The molecule has 4 bridgehead atoms. The first-order valence-corrected chi connectivity index (χ1v) is 12.6. The van der Waals surface area contributed by atoms with E-state index in [4.69, 9.17) is 15.9 Å². The summed E-state index contributed by atoms with van der Waals surface area (Å²) in [5, 5.41) is 13.5. The summed E-state index contributed by atoms with van der Waals surface area (Å²) >= 11 is 0. The van der Waals surface area contributed by atoms with Gasteiger partial charge in [-0.15, -0.1) is 12.4 Å². The van der Waals surface area contributed by atoms with Crippen molar-refractivity contribution in [3.8, 4) is 0 Å². The summed E-state index contributed by atoms with van der Waals surface area (Å²) in [5.41, 5.74) is 7.65. The average molecular weight is 511 g/mol. The van der Waals surface area contributed by atoms with Gasteiger partial charge in [-0.3, -0.25) is 10.2 Å². The maximum atomic E-state index is 13.2.